The van der Waals surface area contributed by atoms with E-state index in [0.717, 1.165) is 17.6 Å². The third kappa shape index (κ3) is 4.87. The monoisotopic (exact) mass is 346 g/mol. The van der Waals surface area contributed by atoms with Crippen LogP contribution in [0, 0.1) is 0 Å². The second-order valence-electron chi connectivity index (χ2n) is 5.65. The van der Waals surface area contributed by atoms with Crippen LogP contribution in [0.15, 0.2) is 53.0 Å². The van der Waals surface area contributed by atoms with E-state index in [9.17, 15) is 0 Å². The van der Waals surface area contributed by atoms with E-state index in [0.29, 0.717) is 6.04 Å². The number of hydrogen-bond acceptors (Lipinski definition) is 2. The molecular formula is C18H23BrN2. The number of hydrogen-bond donors (Lipinski definition) is 1. The Labute approximate surface area is 136 Å². The predicted octanol–water partition coefficient (Wildman–Crippen LogP) is 4.58. The van der Waals surface area contributed by atoms with Gasteiger partial charge in [-0.1, -0.05) is 60.1 Å². The molecule has 0 aromatic heterocycles. The summed E-state index contributed by atoms with van der Waals surface area (Å²) in [4.78, 5) is 2.30. The van der Waals surface area contributed by atoms with Gasteiger partial charge in [0.1, 0.15) is 0 Å². The van der Waals surface area contributed by atoms with Crippen LogP contribution in [-0.4, -0.2) is 13.1 Å². The molecule has 2 aromatic rings. The highest BCUT2D eigenvalue weighted by molar-refractivity contribution is 9.10. The standard InChI is InChI=1S/C18H23BrN2/c1-14(2)20-12-16-11-17(19)9-10-18(16)21(3)13-15-7-5-4-6-8-15/h4-11,14,20H,12-13H2,1-3H3. The Morgan fingerprint density at radius 3 is 2.48 bits per heavy atom. The summed E-state index contributed by atoms with van der Waals surface area (Å²) in [5, 5.41) is 3.50. The van der Waals surface area contributed by atoms with Crippen LogP contribution in [0.5, 0.6) is 0 Å². The molecule has 0 unspecified atom stereocenters. The number of nitrogens with zero attached hydrogens (tertiary/aromatic N) is 1. The fourth-order valence-corrected chi connectivity index (χ4v) is 2.73. The van der Waals surface area contributed by atoms with E-state index in [1.807, 2.05) is 0 Å². The number of anilines is 1. The lowest BCUT2D eigenvalue weighted by atomic mass is 10.1. The maximum atomic E-state index is 3.57. The van der Waals surface area contributed by atoms with Crippen molar-refractivity contribution in [3.8, 4) is 0 Å². The van der Waals surface area contributed by atoms with Crippen molar-refractivity contribution in [2.24, 2.45) is 0 Å². The van der Waals surface area contributed by atoms with Crippen molar-refractivity contribution in [2.45, 2.75) is 33.0 Å². The first-order valence-electron chi connectivity index (χ1n) is 7.33. The van der Waals surface area contributed by atoms with Crippen LogP contribution in [0.4, 0.5) is 5.69 Å². The molecule has 0 aliphatic rings. The number of benzene rings is 2. The van der Waals surface area contributed by atoms with Crippen LogP contribution in [0.25, 0.3) is 0 Å². The van der Waals surface area contributed by atoms with Crippen LogP contribution in [0.3, 0.4) is 0 Å². The minimum atomic E-state index is 0.483. The van der Waals surface area contributed by atoms with Crippen LogP contribution in [-0.2, 0) is 13.1 Å². The van der Waals surface area contributed by atoms with Gasteiger partial charge >= 0.3 is 0 Å². The minimum absolute atomic E-state index is 0.483. The highest BCUT2D eigenvalue weighted by Crippen LogP contribution is 2.25. The molecule has 0 amide bonds. The largest absolute Gasteiger partial charge is 0.370 e. The van der Waals surface area contributed by atoms with Gasteiger partial charge in [-0.05, 0) is 29.3 Å². The Bertz CT molecular complexity index is 567. The summed E-state index contributed by atoms with van der Waals surface area (Å²) in [5.74, 6) is 0. The van der Waals surface area contributed by atoms with Gasteiger partial charge in [0, 0.05) is 36.3 Å². The lowest BCUT2D eigenvalue weighted by Gasteiger charge is -2.23. The van der Waals surface area contributed by atoms with E-state index in [2.05, 4.69) is 95.6 Å². The Morgan fingerprint density at radius 2 is 1.81 bits per heavy atom. The smallest absolute Gasteiger partial charge is 0.0426 e. The Morgan fingerprint density at radius 1 is 1.10 bits per heavy atom. The maximum Gasteiger partial charge on any atom is 0.0426 e. The molecule has 0 aliphatic heterocycles. The molecule has 2 aromatic carbocycles. The third-order valence-corrected chi connectivity index (χ3v) is 3.91. The van der Waals surface area contributed by atoms with E-state index in [4.69, 9.17) is 0 Å². The Balaban J connectivity index is 2.17. The molecule has 1 N–H and O–H groups in total. The van der Waals surface area contributed by atoms with Crippen molar-refractivity contribution in [1.82, 2.24) is 5.32 Å². The number of halogens is 1. The second kappa shape index (κ2) is 7.62. The summed E-state index contributed by atoms with van der Waals surface area (Å²) in [6.07, 6.45) is 0. The van der Waals surface area contributed by atoms with E-state index >= 15 is 0 Å². The molecule has 2 nitrogen and oxygen atoms in total. The summed E-state index contributed by atoms with van der Waals surface area (Å²) in [6.45, 7) is 6.14. The summed E-state index contributed by atoms with van der Waals surface area (Å²) < 4.78 is 1.12. The minimum Gasteiger partial charge on any atom is -0.370 e. The zero-order chi connectivity index (χ0) is 15.2. The van der Waals surface area contributed by atoms with Gasteiger partial charge in [0.15, 0.2) is 0 Å². The molecule has 21 heavy (non-hydrogen) atoms. The third-order valence-electron chi connectivity index (χ3n) is 3.42. The quantitative estimate of drug-likeness (QED) is 0.823. The van der Waals surface area contributed by atoms with Gasteiger partial charge in [-0.15, -0.1) is 0 Å². The summed E-state index contributed by atoms with van der Waals surface area (Å²) in [7, 11) is 2.15. The average molecular weight is 347 g/mol. The molecule has 0 spiro atoms. The molecule has 0 heterocycles. The first-order valence-corrected chi connectivity index (χ1v) is 8.12. The van der Waals surface area contributed by atoms with Crippen molar-refractivity contribution in [1.29, 1.82) is 0 Å². The van der Waals surface area contributed by atoms with Crippen molar-refractivity contribution in [3.63, 3.8) is 0 Å². The number of rotatable bonds is 6. The lowest BCUT2D eigenvalue weighted by molar-refractivity contribution is 0.588. The summed E-state index contributed by atoms with van der Waals surface area (Å²) in [6, 6.07) is 17.5. The van der Waals surface area contributed by atoms with Gasteiger partial charge in [-0.2, -0.15) is 0 Å². The summed E-state index contributed by atoms with van der Waals surface area (Å²) in [5.41, 5.74) is 3.91. The molecular weight excluding hydrogens is 324 g/mol. The first kappa shape index (κ1) is 16.1. The lowest BCUT2D eigenvalue weighted by Crippen LogP contribution is -2.24. The van der Waals surface area contributed by atoms with Crippen LogP contribution >= 0.6 is 15.9 Å². The molecule has 112 valence electrons. The van der Waals surface area contributed by atoms with Crippen LogP contribution in [0.1, 0.15) is 25.0 Å². The molecule has 2 rings (SSSR count). The molecule has 0 bridgehead atoms. The van der Waals surface area contributed by atoms with Gasteiger partial charge in [0.25, 0.3) is 0 Å². The fraction of sp³-hybridized carbons (Fsp3) is 0.333. The van der Waals surface area contributed by atoms with Crippen molar-refractivity contribution >= 4 is 21.6 Å². The highest BCUT2D eigenvalue weighted by Gasteiger charge is 2.09. The summed E-state index contributed by atoms with van der Waals surface area (Å²) >= 11 is 3.57. The van der Waals surface area contributed by atoms with E-state index < -0.39 is 0 Å². The van der Waals surface area contributed by atoms with Crippen LogP contribution in [0.2, 0.25) is 0 Å². The SMILES string of the molecule is CC(C)NCc1cc(Br)ccc1N(C)Cc1ccccc1. The van der Waals surface area contributed by atoms with E-state index in [-0.39, 0.29) is 0 Å². The molecule has 0 saturated carbocycles. The topological polar surface area (TPSA) is 15.3 Å². The van der Waals surface area contributed by atoms with Crippen molar-refractivity contribution in [2.75, 3.05) is 11.9 Å². The molecule has 0 saturated heterocycles. The van der Waals surface area contributed by atoms with Crippen LogP contribution < -0.4 is 10.2 Å². The number of nitrogens with one attached hydrogen (secondary N) is 1. The fourth-order valence-electron chi connectivity index (χ4n) is 2.32. The zero-order valence-corrected chi connectivity index (χ0v) is 14.5. The van der Waals surface area contributed by atoms with Gasteiger partial charge in [0.2, 0.25) is 0 Å². The van der Waals surface area contributed by atoms with Crippen molar-refractivity contribution < 1.29 is 0 Å². The second-order valence-corrected chi connectivity index (χ2v) is 6.57. The molecule has 0 aliphatic carbocycles. The molecule has 0 fully saturated rings. The van der Waals surface area contributed by atoms with E-state index in [1.165, 1.54) is 16.8 Å². The highest BCUT2D eigenvalue weighted by atomic mass is 79.9. The molecule has 3 heteroatoms. The Kier molecular flexibility index (Phi) is 5.83. The zero-order valence-electron chi connectivity index (χ0n) is 12.9. The maximum absolute atomic E-state index is 3.57. The molecule has 0 atom stereocenters. The van der Waals surface area contributed by atoms with Gasteiger partial charge in [0.05, 0.1) is 0 Å². The van der Waals surface area contributed by atoms with Gasteiger partial charge in [-0.25, -0.2) is 0 Å². The van der Waals surface area contributed by atoms with E-state index in [1.54, 1.807) is 0 Å². The molecule has 0 radical (unpaired) electrons. The Hall–Kier alpha value is -1.32. The average Bonchev–Trinajstić information content (AvgIpc) is 2.46. The van der Waals surface area contributed by atoms with Gasteiger partial charge in [-0.3, -0.25) is 0 Å². The predicted molar refractivity (Wildman–Crippen MR) is 94.7 cm³/mol. The van der Waals surface area contributed by atoms with Gasteiger partial charge < -0.3 is 10.2 Å². The van der Waals surface area contributed by atoms with Crippen molar-refractivity contribution in [3.05, 3.63) is 64.1 Å². The first-order chi connectivity index (χ1) is 10.1. The normalized spacial score (nSPS) is 10.9.